The highest BCUT2D eigenvalue weighted by molar-refractivity contribution is 7.99. The summed E-state index contributed by atoms with van der Waals surface area (Å²) in [6.07, 6.45) is 0.0587. The Balaban J connectivity index is 1.53. The van der Waals surface area contributed by atoms with E-state index in [1.165, 1.54) is 16.9 Å². The van der Waals surface area contributed by atoms with Crippen molar-refractivity contribution in [3.8, 4) is 22.7 Å². The maximum absolute atomic E-state index is 13.1. The molecule has 0 fully saturated rings. The predicted molar refractivity (Wildman–Crippen MR) is 103 cm³/mol. The van der Waals surface area contributed by atoms with Crippen molar-refractivity contribution in [1.82, 2.24) is 34.8 Å². The van der Waals surface area contributed by atoms with E-state index in [2.05, 4.69) is 30.2 Å². The van der Waals surface area contributed by atoms with Crippen molar-refractivity contribution in [3.63, 3.8) is 0 Å². The lowest BCUT2D eigenvalue weighted by molar-refractivity contribution is -0.137. The van der Waals surface area contributed by atoms with Crippen molar-refractivity contribution < 1.29 is 17.6 Å². The molecule has 0 aliphatic carbocycles. The van der Waals surface area contributed by atoms with Crippen molar-refractivity contribution in [3.05, 3.63) is 66.7 Å². The first-order chi connectivity index (χ1) is 15.0. The van der Waals surface area contributed by atoms with Crippen molar-refractivity contribution in [2.24, 2.45) is 0 Å². The molecule has 0 radical (unpaired) electrons. The Bertz CT molecular complexity index is 1370. The van der Waals surface area contributed by atoms with Crippen LogP contribution in [0.15, 0.2) is 75.9 Å². The first kappa shape index (κ1) is 19.2. The molecular formula is C19H10F3N7OS. The highest BCUT2D eigenvalue weighted by atomic mass is 32.2. The number of hydrogen-bond acceptors (Lipinski definition) is 8. The van der Waals surface area contributed by atoms with Crippen LogP contribution in [0, 0.1) is 0 Å². The maximum Gasteiger partial charge on any atom is 0.416 e. The van der Waals surface area contributed by atoms with E-state index in [0.717, 1.165) is 23.9 Å². The van der Waals surface area contributed by atoms with Gasteiger partial charge in [-0.05, 0) is 42.1 Å². The molecule has 0 saturated heterocycles. The fourth-order valence-corrected chi connectivity index (χ4v) is 3.58. The molecule has 0 aliphatic rings. The molecule has 1 aromatic carbocycles. The molecule has 12 heteroatoms. The molecule has 31 heavy (non-hydrogen) atoms. The minimum absolute atomic E-state index is 0.227. The Morgan fingerprint density at radius 3 is 2.61 bits per heavy atom. The summed E-state index contributed by atoms with van der Waals surface area (Å²) < 4.78 is 46.5. The molecule has 0 spiro atoms. The van der Waals surface area contributed by atoms with Gasteiger partial charge in [0.1, 0.15) is 11.4 Å². The van der Waals surface area contributed by atoms with Crippen LogP contribution in [0.1, 0.15) is 5.56 Å². The SMILES string of the molecule is FC(F)(F)c1cccc(-c2cc(Sc3nnc(-c4ccncc4)o3)n3ncnc3n2)c1. The van der Waals surface area contributed by atoms with Crippen LogP contribution in [0.2, 0.25) is 0 Å². The van der Waals surface area contributed by atoms with E-state index in [9.17, 15) is 13.2 Å². The Labute approximate surface area is 176 Å². The highest BCUT2D eigenvalue weighted by Gasteiger charge is 2.30. The number of rotatable bonds is 4. The zero-order valence-electron chi connectivity index (χ0n) is 15.4. The quantitative estimate of drug-likeness (QED) is 0.379. The predicted octanol–water partition coefficient (Wildman–Crippen LogP) is 4.41. The third-order valence-corrected chi connectivity index (χ3v) is 5.07. The van der Waals surface area contributed by atoms with Crippen molar-refractivity contribution in [1.29, 1.82) is 0 Å². The first-order valence-corrected chi connectivity index (χ1v) is 9.59. The van der Waals surface area contributed by atoms with E-state index in [0.29, 0.717) is 27.7 Å². The van der Waals surface area contributed by atoms with Gasteiger partial charge in [0.05, 0.1) is 11.3 Å². The molecule has 4 heterocycles. The van der Waals surface area contributed by atoms with E-state index in [1.54, 1.807) is 36.7 Å². The second kappa shape index (κ2) is 7.47. The molecular weight excluding hydrogens is 431 g/mol. The molecule has 8 nitrogen and oxygen atoms in total. The molecule has 0 bridgehead atoms. The van der Waals surface area contributed by atoms with E-state index >= 15 is 0 Å². The molecule has 0 N–H and O–H groups in total. The van der Waals surface area contributed by atoms with Gasteiger partial charge in [0, 0.05) is 23.5 Å². The molecule has 0 atom stereocenters. The molecule has 0 unspecified atom stereocenters. The van der Waals surface area contributed by atoms with Gasteiger partial charge in [-0.1, -0.05) is 12.1 Å². The largest absolute Gasteiger partial charge is 0.416 e. The average Bonchev–Trinajstić information content (AvgIpc) is 3.43. The van der Waals surface area contributed by atoms with Gasteiger partial charge >= 0.3 is 6.18 Å². The van der Waals surface area contributed by atoms with Gasteiger partial charge in [-0.15, -0.1) is 10.2 Å². The highest BCUT2D eigenvalue weighted by Crippen LogP contribution is 2.34. The van der Waals surface area contributed by atoms with Gasteiger partial charge in [0.25, 0.3) is 11.0 Å². The fraction of sp³-hybridized carbons (Fsp3) is 0.0526. The maximum atomic E-state index is 13.1. The smallest absolute Gasteiger partial charge is 0.411 e. The lowest BCUT2D eigenvalue weighted by atomic mass is 10.1. The number of halogens is 3. The Morgan fingerprint density at radius 2 is 1.81 bits per heavy atom. The summed E-state index contributed by atoms with van der Waals surface area (Å²) in [5.41, 5.74) is 0.550. The number of nitrogens with zero attached hydrogens (tertiary/aromatic N) is 7. The van der Waals surface area contributed by atoms with Gasteiger partial charge in [0.2, 0.25) is 5.89 Å². The summed E-state index contributed by atoms with van der Waals surface area (Å²) in [4.78, 5) is 12.3. The normalized spacial score (nSPS) is 11.8. The lowest BCUT2D eigenvalue weighted by Crippen LogP contribution is -2.05. The third kappa shape index (κ3) is 3.84. The van der Waals surface area contributed by atoms with Crippen molar-refractivity contribution >= 4 is 17.5 Å². The third-order valence-electron chi connectivity index (χ3n) is 4.23. The second-order valence-corrected chi connectivity index (χ2v) is 7.21. The van der Waals surface area contributed by atoms with Gasteiger partial charge in [-0.25, -0.2) is 4.98 Å². The molecule has 4 aromatic heterocycles. The molecule has 154 valence electrons. The zero-order chi connectivity index (χ0) is 21.4. The van der Waals surface area contributed by atoms with E-state index < -0.39 is 11.7 Å². The number of fused-ring (bicyclic) bond motifs is 1. The minimum atomic E-state index is -4.46. The fourth-order valence-electron chi connectivity index (χ4n) is 2.81. The monoisotopic (exact) mass is 441 g/mol. The van der Waals surface area contributed by atoms with Crippen LogP contribution in [-0.2, 0) is 6.18 Å². The summed E-state index contributed by atoms with van der Waals surface area (Å²) in [7, 11) is 0. The van der Waals surface area contributed by atoms with E-state index in [4.69, 9.17) is 4.42 Å². The summed E-state index contributed by atoms with van der Waals surface area (Å²) in [5.74, 6) is 0.540. The van der Waals surface area contributed by atoms with E-state index in [-0.39, 0.29) is 11.0 Å². The number of benzene rings is 1. The van der Waals surface area contributed by atoms with E-state index in [1.807, 2.05) is 0 Å². The molecule has 5 aromatic rings. The van der Waals surface area contributed by atoms with Gasteiger partial charge < -0.3 is 4.42 Å². The van der Waals surface area contributed by atoms with Crippen molar-refractivity contribution in [2.75, 3.05) is 0 Å². The summed E-state index contributed by atoms with van der Waals surface area (Å²) in [6.45, 7) is 0. The van der Waals surface area contributed by atoms with Gasteiger partial charge in [-0.3, -0.25) is 4.98 Å². The number of alkyl halides is 3. The minimum Gasteiger partial charge on any atom is -0.411 e. The van der Waals surface area contributed by atoms with Crippen LogP contribution in [0.5, 0.6) is 0 Å². The summed E-state index contributed by atoms with van der Waals surface area (Å²) in [5, 5.41) is 12.9. The van der Waals surface area contributed by atoms with Crippen LogP contribution in [0.3, 0.4) is 0 Å². The topological polar surface area (TPSA) is 94.9 Å². The Kier molecular flexibility index (Phi) is 4.62. The van der Waals surface area contributed by atoms with Crippen LogP contribution in [0.25, 0.3) is 28.5 Å². The number of pyridine rings is 1. The van der Waals surface area contributed by atoms with Crippen molar-refractivity contribution in [2.45, 2.75) is 16.4 Å². The van der Waals surface area contributed by atoms with Gasteiger partial charge in [0.15, 0.2) is 0 Å². The van der Waals surface area contributed by atoms with Crippen LogP contribution >= 0.6 is 11.8 Å². The van der Waals surface area contributed by atoms with Crippen LogP contribution in [-0.4, -0.2) is 34.8 Å². The zero-order valence-corrected chi connectivity index (χ0v) is 16.2. The Morgan fingerprint density at radius 1 is 0.968 bits per heavy atom. The van der Waals surface area contributed by atoms with Gasteiger partial charge in [-0.2, -0.15) is 27.8 Å². The first-order valence-electron chi connectivity index (χ1n) is 8.77. The summed E-state index contributed by atoms with van der Waals surface area (Å²) >= 11 is 1.10. The number of aromatic nitrogens is 7. The Hall–Kier alpha value is -3.80. The summed E-state index contributed by atoms with van der Waals surface area (Å²) in [6, 6.07) is 9.99. The van der Waals surface area contributed by atoms with Crippen LogP contribution < -0.4 is 0 Å². The molecule has 0 amide bonds. The lowest BCUT2D eigenvalue weighted by Gasteiger charge is -2.09. The molecule has 0 aliphatic heterocycles. The van der Waals surface area contributed by atoms with Crippen LogP contribution in [0.4, 0.5) is 13.2 Å². The standard InChI is InChI=1S/C19H10F3N7OS/c20-19(21,22)13-3-1-2-12(8-13)14-9-15(29-17(26-14)24-10-25-29)31-18-28-27-16(30-18)11-4-6-23-7-5-11/h1-10H. The molecule has 0 saturated carbocycles. The molecule has 5 rings (SSSR count). The number of hydrogen-bond donors (Lipinski definition) is 0. The average molecular weight is 441 g/mol. The second-order valence-electron chi connectivity index (χ2n) is 6.24.